The van der Waals surface area contributed by atoms with Gasteiger partial charge in [-0.3, -0.25) is 9.89 Å². The van der Waals surface area contributed by atoms with Crippen LogP contribution in [0.15, 0.2) is 4.99 Å². The summed E-state index contributed by atoms with van der Waals surface area (Å²) in [6.45, 7) is 17.6. The number of hydrogen-bond acceptors (Lipinski definition) is 5. The van der Waals surface area contributed by atoms with E-state index in [1.165, 1.54) is 0 Å². The van der Waals surface area contributed by atoms with Crippen LogP contribution in [0.5, 0.6) is 0 Å². The summed E-state index contributed by atoms with van der Waals surface area (Å²) in [6.07, 6.45) is 1.47. The molecule has 1 saturated heterocycles. The fourth-order valence-electron chi connectivity index (χ4n) is 2.97. The molecule has 2 unspecified atom stereocenters. The van der Waals surface area contributed by atoms with Crippen LogP contribution in [0.2, 0.25) is 0 Å². The highest BCUT2D eigenvalue weighted by Crippen LogP contribution is 2.07. The lowest BCUT2D eigenvalue weighted by Crippen LogP contribution is -2.48. The van der Waals surface area contributed by atoms with Gasteiger partial charge in [0.15, 0.2) is 5.96 Å². The van der Waals surface area contributed by atoms with Gasteiger partial charge in [0, 0.05) is 38.3 Å². The number of guanidine groups is 1. The van der Waals surface area contributed by atoms with Crippen LogP contribution in [-0.2, 0) is 9.47 Å². The maximum atomic E-state index is 12.1. The largest absolute Gasteiger partial charge is 0.444 e. The number of nitrogens with zero attached hydrogens (tertiary/aromatic N) is 2. The molecule has 2 atom stereocenters. The van der Waals surface area contributed by atoms with Crippen molar-refractivity contribution in [3.05, 3.63) is 0 Å². The number of amides is 1. The standard InChI is InChI=1S/C20H41N5O3.HI/c1-7-9-17(24-19(26)28-20(4,5)6)15-23-18(21-8-2)22-14-16(3)25-10-12-27-13-11-25;/h16-17H,7-15H2,1-6H3,(H,24,26)(H2,21,22,23);1H. The van der Waals surface area contributed by atoms with Crippen molar-refractivity contribution in [2.45, 2.75) is 72.1 Å². The molecule has 0 aliphatic carbocycles. The van der Waals surface area contributed by atoms with Crippen molar-refractivity contribution in [3.8, 4) is 0 Å². The van der Waals surface area contributed by atoms with Gasteiger partial charge in [0.25, 0.3) is 0 Å². The zero-order valence-electron chi connectivity index (χ0n) is 19.0. The van der Waals surface area contributed by atoms with Gasteiger partial charge in [0.1, 0.15) is 5.60 Å². The van der Waals surface area contributed by atoms with E-state index < -0.39 is 5.60 Å². The quantitative estimate of drug-likeness (QED) is 0.243. The minimum atomic E-state index is -0.500. The number of halogens is 1. The molecule has 0 aromatic rings. The van der Waals surface area contributed by atoms with E-state index in [0.29, 0.717) is 19.1 Å². The van der Waals surface area contributed by atoms with Gasteiger partial charge in [-0.15, -0.1) is 24.0 Å². The number of carbonyl (C=O) groups is 1. The molecular weight excluding hydrogens is 485 g/mol. The Morgan fingerprint density at radius 3 is 2.41 bits per heavy atom. The molecule has 3 N–H and O–H groups in total. The van der Waals surface area contributed by atoms with E-state index in [2.05, 4.69) is 34.7 Å². The third-order valence-corrected chi connectivity index (χ3v) is 4.40. The first-order valence-corrected chi connectivity index (χ1v) is 10.6. The van der Waals surface area contributed by atoms with Crippen molar-refractivity contribution in [2.75, 3.05) is 45.9 Å². The van der Waals surface area contributed by atoms with Crippen molar-refractivity contribution in [3.63, 3.8) is 0 Å². The summed E-state index contributed by atoms with van der Waals surface area (Å²) >= 11 is 0. The van der Waals surface area contributed by atoms with Crippen LogP contribution in [0.25, 0.3) is 0 Å². The van der Waals surface area contributed by atoms with Gasteiger partial charge in [0.05, 0.1) is 19.8 Å². The van der Waals surface area contributed by atoms with Gasteiger partial charge in [-0.2, -0.15) is 0 Å². The molecule has 0 aromatic heterocycles. The van der Waals surface area contributed by atoms with Crippen molar-refractivity contribution in [2.24, 2.45) is 4.99 Å². The minimum absolute atomic E-state index is 0. The average molecular weight is 527 g/mol. The van der Waals surface area contributed by atoms with Gasteiger partial charge < -0.3 is 25.4 Å². The minimum Gasteiger partial charge on any atom is -0.444 e. The summed E-state index contributed by atoms with van der Waals surface area (Å²) in [7, 11) is 0. The molecule has 9 heteroatoms. The Labute approximate surface area is 194 Å². The molecule has 1 amide bonds. The van der Waals surface area contributed by atoms with Crippen LogP contribution in [0.3, 0.4) is 0 Å². The Morgan fingerprint density at radius 1 is 1.21 bits per heavy atom. The lowest BCUT2D eigenvalue weighted by Gasteiger charge is -2.31. The molecule has 0 saturated carbocycles. The zero-order chi connectivity index (χ0) is 21.0. The number of rotatable bonds is 9. The lowest BCUT2D eigenvalue weighted by molar-refractivity contribution is 0.0220. The van der Waals surface area contributed by atoms with Gasteiger partial charge in [-0.25, -0.2) is 4.79 Å². The smallest absolute Gasteiger partial charge is 0.407 e. The van der Waals surface area contributed by atoms with E-state index in [4.69, 9.17) is 14.5 Å². The summed E-state index contributed by atoms with van der Waals surface area (Å²) in [5, 5.41) is 9.60. The van der Waals surface area contributed by atoms with Crippen LogP contribution >= 0.6 is 24.0 Å². The molecule has 0 spiro atoms. The molecule has 1 rings (SSSR count). The van der Waals surface area contributed by atoms with Crippen molar-refractivity contribution in [1.29, 1.82) is 0 Å². The third-order valence-electron chi connectivity index (χ3n) is 4.40. The second-order valence-corrected chi connectivity index (χ2v) is 8.23. The van der Waals surface area contributed by atoms with Crippen LogP contribution in [0.4, 0.5) is 4.79 Å². The number of ether oxygens (including phenoxy) is 2. The lowest BCUT2D eigenvalue weighted by atomic mass is 10.1. The highest BCUT2D eigenvalue weighted by molar-refractivity contribution is 14.0. The Balaban J connectivity index is 0.00000784. The van der Waals surface area contributed by atoms with E-state index in [-0.39, 0.29) is 36.1 Å². The first-order valence-electron chi connectivity index (χ1n) is 10.6. The molecule has 0 radical (unpaired) electrons. The van der Waals surface area contributed by atoms with E-state index in [9.17, 15) is 4.79 Å². The molecule has 1 aliphatic heterocycles. The van der Waals surface area contributed by atoms with Crippen LogP contribution < -0.4 is 16.0 Å². The van der Waals surface area contributed by atoms with Crippen LogP contribution in [0, 0.1) is 0 Å². The fourth-order valence-corrected chi connectivity index (χ4v) is 2.97. The second-order valence-electron chi connectivity index (χ2n) is 8.23. The molecule has 8 nitrogen and oxygen atoms in total. The third kappa shape index (κ3) is 13.2. The number of carbonyl (C=O) groups excluding carboxylic acids is 1. The van der Waals surface area contributed by atoms with Gasteiger partial charge >= 0.3 is 6.09 Å². The average Bonchev–Trinajstić information content (AvgIpc) is 2.62. The summed E-state index contributed by atoms with van der Waals surface area (Å²) in [6, 6.07) is 0.353. The van der Waals surface area contributed by atoms with Crippen LogP contribution in [0.1, 0.15) is 54.4 Å². The molecule has 0 bridgehead atoms. The normalized spacial score (nSPS) is 17.7. The highest BCUT2D eigenvalue weighted by atomic mass is 127. The number of morpholine rings is 1. The Morgan fingerprint density at radius 2 is 1.86 bits per heavy atom. The Hall–Kier alpha value is -0.810. The van der Waals surface area contributed by atoms with Gasteiger partial charge in [-0.1, -0.05) is 13.3 Å². The molecular formula is C20H42IN5O3. The number of alkyl carbamates (subject to hydrolysis) is 1. The molecule has 1 fully saturated rings. The van der Waals surface area contributed by atoms with Crippen molar-refractivity contribution in [1.82, 2.24) is 20.9 Å². The van der Waals surface area contributed by atoms with Gasteiger partial charge in [0.2, 0.25) is 0 Å². The summed E-state index contributed by atoms with van der Waals surface area (Å²) in [4.78, 5) is 19.2. The summed E-state index contributed by atoms with van der Waals surface area (Å²) in [5.41, 5.74) is -0.500. The molecule has 1 heterocycles. The van der Waals surface area contributed by atoms with Gasteiger partial charge in [-0.05, 0) is 41.0 Å². The maximum Gasteiger partial charge on any atom is 0.407 e. The predicted octanol–water partition coefficient (Wildman–Crippen LogP) is 2.57. The van der Waals surface area contributed by atoms with E-state index in [1.807, 2.05) is 27.7 Å². The second kappa shape index (κ2) is 15.1. The summed E-state index contributed by atoms with van der Waals surface area (Å²) in [5.74, 6) is 0.773. The van der Waals surface area contributed by atoms with E-state index >= 15 is 0 Å². The van der Waals surface area contributed by atoms with Crippen molar-refractivity contribution < 1.29 is 14.3 Å². The fraction of sp³-hybridized carbons (Fsp3) is 0.900. The Bertz CT molecular complexity index is 479. The summed E-state index contributed by atoms with van der Waals surface area (Å²) < 4.78 is 10.8. The van der Waals surface area contributed by atoms with E-state index in [0.717, 1.165) is 51.6 Å². The number of aliphatic imine (C=N–C) groups is 1. The maximum absolute atomic E-state index is 12.1. The molecule has 172 valence electrons. The van der Waals surface area contributed by atoms with E-state index in [1.54, 1.807) is 0 Å². The molecule has 1 aliphatic rings. The number of hydrogen-bond donors (Lipinski definition) is 3. The number of nitrogens with one attached hydrogen (secondary N) is 3. The Kier molecular flexibility index (Phi) is 14.6. The molecule has 29 heavy (non-hydrogen) atoms. The SMILES string of the molecule is CCCC(CNC(=NCC(C)N1CCOCC1)NCC)NC(=O)OC(C)(C)C.I. The van der Waals surface area contributed by atoms with Crippen molar-refractivity contribution >= 4 is 36.0 Å². The first-order chi connectivity index (χ1) is 13.2. The first kappa shape index (κ1) is 28.2. The molecule has 0 aromatic carbocycles. The topological polar surface area (TPSA) is 87.2 Å². The van der Waals surface area contributed by atoms with Crippen LogP contribution in [-0.4, -0.2) is 80.6 Å². The predicted molar refractivity (Wildman–Crippen MR) is 129 cm³/mol. The highest BCUT2D eigenvalue weighted by Gasteiger charge is 2.20. The monoisotopic (exact) mass is 527 g/mol. The zero-order valence-corrected chi connectivity index (χ0v) is 21.4.